The first-order valence-electron chi connectivity index (χ1n) is 5.31. The summed E-state index contributed by atoms with van der Waals surface area (Å²) in [7, 11) is 0. The van der Waals surface area contributed by atoms with Gasteiger partial charge in [0.2, 0.25) is 5.91 Å². The zero-order valence-electron chi connectivity index (χ0n) is 9.35. The maximum Gasteiger partial charge on any atom is 0.261 e. The third-order valence-corrected chi connectivity index (χ3v) is 2.49. The van der Waals surface area contributed by atoms with Gasteiger partial charge in [0.25, 0.3) is 6.43 Å². The van der Waals surface area contributed by atoms with E-state index in [0.717, 1.165) is 18.2 Å². The number of amides is 1. The minimum absolute atomic E-state index is 0.0426. The standard InChI is InChI=1S/C10H18BrF2NO2/c1-2-8(3-5-11)14-10(15)4-6-16-7-9(12)13/h8-9H,2-7H2,1H3,(H,14,15). The molecule has 96 valence electrons. The van der Waals surface area contributed by atoms with Crippen LogP contribution < -0.4 is 5.32 Å². The molecule has 0 saturated heterocycles. The largest absolute Gasteiger partial charge is 0.375 e. The van der Waals surface area contributed by atoms with Crippen LogP contribution in [0.1, 0.15) is 26.2 Å². The molecule has 0 aromatic heterocycles. The lowest BCUT2D eigenvalue weighted by atomic mass is 10.1. The molecule has 0 aliphatic heterocycles. The predicted molar refractivity (Wildman–Crippen MR) is 62.1 cm³/mol. The lowest BCUT2D eigenvalue weighted by molar-refractivity contribution is -0.123. The second kappa shape index (κ2) is 9.96. The molecule has 3 nitrogen and oxygen atoms in total. The summed E-state index contributed by atoms with van der Waals surface area (Å²) in [4.78, 5) is 11.3. The molecule has 1 N–H and O–H groups in total. The molecule has 16 heavy (non-hydrogen) atoms. The summed E-state index contributed by atoms with van der Waals surface area (Å²) in [6, 6.07) is 0.141. The number of carbonyl (C=O) groups excluding carboxylic acids is 1. The molecule has 0 aliphatic carbocycles. The van der Waals surface area contributed by atoms with Crippen LogP contribution in [0.2, 0.25) is 0 Å². The summed E-state index contributed by atoms with van der Waals surface area (Å²) in [5, 5.41) is 3.65. The van der Waals surface area contributed by atoms with Crippen LogP contribution in [0.15, 0.2) is 0 Å². The summed E-state index contributed by atoms with van der Waals surface area (Å²) < 4.78 is 28.0. The van der Waals surface area contributed by atoms with Crippen molar-refractivity contribution in [3.63, 3.8) is 0 Å². The fraction of sp³-hybridized carbons (Fsp3) is 0.900. The van der Waals surface area contributed by atoms with Gasteiger partial charge in [-0.1, -0.05) is 22.9 Å². The van der Waals surface area contributed by atoms with Crippen molar-refractivity contribution < 1.29 is 18.3 Å². The van der Waals surface area contributed by atoms with Gasteiger partial charge >= 0.3 is 0 Å². The third-order valence-electron chi connectivity index (χ3n) is 2.03. The molecule has 0 aromatic rings. The molecule has 0 saturated carbocycles. The molecule has 1 amide bonds. The molecule has 0 heterocycles. The number of hydrogen-bond acceptors (Lipinski definition) is 2. The normalized spacial score (nSPS) is 12.8. The number of nitrogens with one attached hydrogen (secondary N) is 1. The Labute approximate surface area is 103 Å². The van der Waals surface area contributed by atoms with Crippen LogP contribution in [0.3, 0.4) is 0 Å². The monoisotopic (exact) mass is 301 g/mol. The highest BCUT2D eigenvalue weighted by Crippen LogP contribution is 2.01. The van der Waals surface area contributed by atoms with Gasteiger partial charge in [0, 0.05) is 17.8 Å². The topological polar surface area (TPSA) is 38.3 Å². The Morgan fingerprint density at radius 2 is 2.19 bits per heavy atom. The summed E-state index contributed by atoms with van der Waals surface area (Å²) in [5.74, 6) is -0.151. The van der Waals surface area contributed by atoms with Crippen molar-refractivity contribution in [2.45, 2.75) is 38.7 Å². The highest BCUT2D eigenvalue weighted by Gasteiger charge is 2.09. The Morgan fingerprint density at radius 1 is 1.50 bits per heavy atom. The van der Waals surface area contributed by atoms with Gasteiger partial charge in [0.15, 0.2) is 0 Å². The Balaban J connectivity index is 3.56. The van der Waals surface area contributed by atoms with Crippen LogP contribution in [-0.4, -0.2) is 36.9 Å². The Bertz CT molecular complexity index is 194. The number of carbonyl (C=O) groups is 1. The number of alkyl halides is 3. The van der Waals surface area contributed by atoms with Gasteiger partial charge in [-0.25, -0.2) is 8.78 Å². The average molecular weight is 302 g/mol. The van der Waals surface area contributed by atoms with Crippen molar-refractivity contribution in [1.82, 2.24) is 5.32 Å². The van der Waals surface area contributed by atoms with E-state index in [1.54, 1.807) is 0 Å². The van der Waals surface area contributed by atoms with E-state index < -0.39 is 13.0 Å². The molecule has 0 spiro atoms. The van der Waals surface area contributed by atoms with E-state index >= 15 is 0 Å². The quantitative estimate of drug-likeness (QED) is 0.524. The average Bonchev–Trinajstić information content (AvgIpc) is 2.23. The van der Waals surface area contributed by atoms with Crippen molar-refractivity contribution in [2.75, 3.05) is 18.5 Å². The zero-order chi connectivity index (χ0) is 12.4. The molecule has 0 aliphatic rings. The molecule has 0 aromatic carbocycles. The highest BCUT2D eigenvalue weighted by molar-refractivity contribution is 9.09. The second-order valence-corrected chi connectivity index (χ2v) is 4.16. The van der Waals surface area contributed by atoms with Crippen LogP contribution in [0.25, 0.3) is 0 Å². The van der Waals surface area contributed by atoms with Crippen LogP contribution in [0.4, 0.5) is 8.78 Å². The number of halogens is 3. The minimum atomic E-state index is -2.47. The third kappa shape index (κ3) is 9.03. The Hall–Kier alpha value is -0.230. The fourth-order valence-corrected chi connectivity index (χ4v) is 1.70. The van der Waals surface area contributed by atoms with Crippen LogP contribution in [0, 0.1) is 0 Å². The zero-order valence-corrected chi connectivity index (χ0v) is 10.9. The summed E-state index contributed by atoms with van der Waals surface area (Å²) in [5.41, 5.74) is 0. The van der Waals surface area contributed by atoms with Gasteiger partial charge in [0.1, 0.15) is 6.61 Å². The lowest BCUT2D eigenvalue weighted by Gasteiger charge is -2.15. The van der Waals surface area contributed by atoms with Crippen molar-refractivity contribution in [3.8, 4) is 0 Å². The maximum atomic E-state index is 11.7. The number of rotatable bonds is 9. The van der Waals surface area contributed by atoms with Crippen molar-refractivity contribution >= 4 is 21.8 Å². The first-order valence-corrected chi connectivity index (χ1v) is 6.43. The summed E-state index contributed by atoms with van der Waals surface area (Å²) >= 11 is 3.30. The van der Waals surface area contributed by atoms with E-state index in [1.807, 2.05) is 6.92 Å². The van der Waals surface area contributed by atoms with Crippen LogP contribution >= 0.6 is 15.9 Å². The van der Waals surface area contributed by atoms with Gasteiger partial charge in [-0.2, -0.15) is 0 Å². The SMILES string of the molecule is CCC(CCBr)NC(=O)CCOCC(F)F. The van der Waals surface area contributed by atoms with Gasteiger partial charge in [-0.15, -0.1) is 0 Å². The number of hydrogen-bond donors (Lipinski definition) is 1. The summed E-state index contributed by atoms with van der Waals surface area (Å²) in [6.07, 6.45) is -0.624. The van der Waals surface area contributed by atoms with Gasteiger partial charge in [-0.05, 0) is 12.8 Å². The first-order chi connectivity index (χ1) is 7.60. The van der Waals surface area contributed by atoms with E-state index in [0.29, 0.717) is 0 Å². The molecule has 0 radical (unpaired) electrons. The van der Waals surface area contributed by atoms with Crippen LogP contribution in [-0.2, 0) is 9.53 Å². The summed E-state index contributed by atoms with van der Waals surface area (Å²) in [6.45, 7) is 1.42. The lowest BCUT2D eigenvalue weighted by Crippen LogP contribution is -2.35. The molecule has 0 rings (SSSR count). The molecule has 6 heteroatoms. The fourth-order valence-electron chi connectivity index (χ4n) is 1.15. The van der Waals surface area contributed by atoms with E-state index in [4.69, 9.17) is 0 Å². The van der Waals surface area contributed by atoms with Gasteiger partial charge in [0.05, 0.1) is 6.61 Å². The molecular weight excluding hydrogens is 284 g/mol. The van der Waals surface area contributed by atoms with E-state index in [-0.39, 0.29) is 25.0 Å². The van der Waals surface area contributed by atoms with E-state index in [9.17, 15) is 13.6 Å². The molecule has 1 unspecified atom stereocenters. The second-order valence-electron chi connectivity index (χ2n) is 3.37. The van der Waals surface area contributed by atoms with Crippen LogP contribution in [0.5, 0.6) is 0 Å². The minimum Gasteiger partial charge on any atom is -0.375 e. The maximum absolute atomic E-state index is 11.7. The Kier molecular flexibility index (Phi) is 9.82. The molecule has 0 bridgehead atoms. The van der Waals surface area contributed by atoms with Gasteiger partial charge < -0.3 is 10.1 Å². The van der Waals surface area contributed by atoms with E-state index in [2.05, 4.69) is 26.0 Å². The first kappa shape index (κ1) is 15.8. The highest BCUT2D eigenvalue weighted by atomic mass is 79.9. The molecular formula is C10H18BrF2NO2. The molecule has 1 atom stereocenters. The molecule has 0 fully saturated rings. The van der Waals surface area contributed by atoms with Crippen molar-refractivity contribution in [1.29, 1.82) is 0 Å². The Morgan fingerprint density at radius 3 is 2.69 bits per heavy atom. The van der Waals surface area contributed by atoms with Crippen molar-refractivity contribution in [3.05, 3.63) is 0 Å². The number of ether oxygens (including phenoxy) is 1. The van der Waals surface area contributed by atoms with Gasteiger partial charge in [-0.3, -0.25) is 4.79 Å². The predicted octanol–water partition coefficient (Wildman–Crippen LogP) is 2.34. The van der Waals surface area contributed by atoms with Crippen molar-refractivity contribution in [2.24, 2.45) is 0 Å². The smallest absolute Gasteiger partial charge is 0.261 e. The van der Waals surface area contributed by atoms with E-state index in [1.165, 1.54) is 0 Å².